The first-order chi connectivity index (χ1) is 9.80. The van der Waals surface area contributed by atoms with Gasteiger partial charge >= 0.3 is 0 Å². The summed E-state index contributed by atoms with van der Waals surface area (Å²) in [5, 5.41) is 11.0. The maximum atomic E-state index is 11.0. The van der Waals surface area contributed by atoms with E-state index < -0.39 is 5.60 Å². The molecule has 0 aromatic heterocycles. The molecule has 0 aliphatic rings. The third kappa shape index (κ3) is 3.54. The Bertz CT molecular complexity index is 623. The molecule has 0 bridgehead atoms. The fourth-order valence-electron chi connectivity index (χ4n) is 2.68. The highest BCUT2D eigenvalue weighted by atomic mass is 16.3. The topological polar surface area (TPSA) is 20.2 Å². The predicted octanol–water partition coefficient (Wildman–Crippen LogP) is 4.76. The monoisotopic (exact) mass is 282 g/mol. The first-order valence-electron chi connectivity index (χ1n) is 7.70. The Kier molecular flexibility index (Phi) is 4.53. The van der Waals surface area contributed by atoms with Gasteiger partial charge in [0.2, 0.25) is 0 Å². The van der Waals surface area contributed by atoms with Crippen LogP contribution in [-0.2, 0) is 12.0 Å². The number of hydrogen-bond acceptors (Lipinski definition) is 1. The van der Waals surface area contributed by atoms with E-state index in [-0.39, 0.29) is 0 Å². The summed E-state index contributed by atoms with van der Waals surface area (Å²) < 4.78 is 0. The minimum Gasteiger partial charge on any atom is -0.381 e. The van der Waals surface area contributed by atoms with Crippen LogP contribution >= 0.6 is 0 Å². The van der Waals surface area contributed by atoms with Crippen LogP contribution in [-0.4, -0.2) is 5.11 Å². The molecule has 0 saturated heterocycles. The molecule has 112 valence electrons. The van der Waals surface area contributed by atoms with Gasteiger partial charge in [0.25, 0.3) is 0 Å². The van der Waals surface area contributed by atoms with Crippen molar-refractivity contribution in [2.24, 2.45) is 5.92 Å². The van der Waals surface area contributed by atoms with E-state index in [1.54, 1.807) is 0 Å². The molecule has 2 rings (SSSR count). The summed E-state index contributed by atoms with van der Waals surface area (Å²) in [4.78, 5) is 0. The first-order valence-corrected chi connectivity index (χ1v) is 7.70. The molecule has 0 fully saturated rings. The van der Waals surface area contributed by atoms with E-state index in [2.05, 4.69) is 52.0 Å². The summed E-state index contributed by atoms with van der Waals surface area (Å²) in [5.41, 5.74) is 4.71. The van der Waals surface area contributed by atoms with Crippen LogP contribution in [0, 0.1) is 19.8 Å². The van der Waals surface area contributed by atoms with Crippen LogP contribution in [0.15, 0.2) is 42.5 Å². The molecule has 21 heavy (non-hydrogen) atoms. The van der Waals surface area contributed by atoms with Crippen LogP contribution in [0.1, 0.15) is 48.6 Å². The Labute approximate surface area is 128 Å². The molecule has 1 heteroatoms. The van der Waals surface area contributed by atoms with E-state index in [9.17, 15) is 5.11 Å². The van der Waals surface area contributed by atoms with Crippen molar-refractivity contribution in [3.63, 3.8) is 0 Å². The van der Waals surface area contributed by atoms with Gasteiger partial charge in [-0.3, -0.25) is 0 Å². The molecule has 2 aromatic carbocycles. The largest absolute Gasteiger partial charge is 0.381 e. The molecule has 1 nitrogen and oxygen atoms in total. The number of benzene rings is 2. The SMILES string of the molecule is Cc1ccc(C(C)(O)c2cccc(CC(C)C)c2)cc1C. The number of hydrogen-bond donors (Lipinski definition) is 1. The van der Waals surface area contributed by atoms with E-state index in [4.69, 9.17) is 0 Å². The molecule has 0 amide bonds. The van der Waals surface area contributed by atoms with Crippen LogP contribution in [0.5, 0.6) is 0 Å². The highest BCUT2D eigenvalue weighted by Crippen LogP contribution is 2.31. The average Bonchev–Trinajstić information content (AvgIpc) is 2.41. The molecule has 0 aliphatic carbocycles. The smallest absolute Gasteiger partial charge is 0.112 e. The van der Waals surface area contributed by atoms with Crippen LogP contribution in [0.3, 0.4) is 0 Å². The van der Waals surface area contributed by atoms with Crippen LogP contribution < -0.4 is 0 Å². The fraction of sp³-hybridized carbons (Fsp3) is 0.400. The third-order valence-corrected chi connectivity index (χ3v) is 4.20. The number of rotatable bonds is 4. The zero-order valence-corrected chi connectivity index (χ0v) is 13.8. The fourth-order valence-corrected chi connectivity index (χ4v) is 2.68. The van der Waals surface area contributed by atoms with Crippen LogP contribution in [0.4, 0.5) is 0 Å². The molecule has 0 saturated carbocycles. The van der Waals surface area contributed by atoms with Gasteiger partial charge in [-0.25, -0.2) is 0 Å². The van der Waals surface area contributed by atoms with E-state index in [0.717, 1.165) is 17.5 Å². The highest BCUT2D eigenvalue weighted by Gasteiger charge is 2.26. The van der Waals surface area contributed by atoms with Gasteiger partial charge in [-0.15, -0.1) is 0 Å². The van der Waals surface area contributed by atoms with Crippen molar-refractivity contribution < 1.29 is 5.11 Å². The summed E-state index contributed by atoms with van der Waals surface area (Å²) >= 11 is 0. The molecule has 1 atom stereocenters. The standard InChI is InChI=1S/C20H26O/c1-14(2)11-17-7-6-8-18(13-17)20(5,21)19-10-9-15(3)16(4)12-19/h6-10,12-14,21H,11H2,1-5H3. The van der Waals surface area contributed by atoms with Gasteiger partial charge in [0.05, 0.1) is 0 Å². The average molecular weight is 282 g/mol. The lowest BCUT2D eigenvalue weighted by Gasteiger charge is -2.26. The minimum absolute atomic E-state index is 0.617. The second-order valence-electron chi connectivity index (χ2n) is 6.67. The summed E-state index contributed by atoms with van der Waals surface area (Å²) in [6, 6.07) is 14.5. The normalized spacial score (nSPS) is 14.2. The summed E-state index contributed by atoms with van der Waals surface area (Å²) in [5.74, 6) is 0.617. The second kappa shape index (κ2) is 6.03. The lowest BCUT2D eigenvalue weighted by Crippen LogP contribution is -2.23. The summed E-state index contributed by atoms with van der Waals surface area (Å²) in [6.45, 7) is 10.5. The van der Waals surface area contributed by atoms with Crippen molar-refractivity contribution in [1.29, 1.82) is 0 Å². The van der Waals surface area contributed by atoms with E-state index in [1.807, 2.05) is 25.1 Å². The molecular weight excluding hydrogens is 256 g/mol. The molecular formula is C20H26O. The molecule has 0 heterocycles. The highest BCUT2D eigenvalue weighted by molar-refractivity contribution is 5.40. The van der Waals surface area contributed by atoms with Gasteiger partial charge in [-0.2, -0.15) is 0 Å². The van der Waals surface area contributed by atoms with Gasteiger partial charge in [-0.05, 0) is 60.9 Å². The minimum atomic E-state index is -0.953. The van der Waals surface area contributed by atoms with E-state index in [1.165, 1.54) is 16.7 Å². The molecule has 1 unspecified atom stereocenters. The lowest BCUT2D eigenvalue weighted by molar-refractivity contribution is 0.102. The van der Waals surface area contributed by atoms with Gasteiger partial charge in [-0.1, -0.05) is 56.3 Å². The van der Waals surface area contributed by atoms with Crippen molar-refractivity contribution in [3.05, 3.63) is 70.3 Å². The van der Waals surface area contributed by atoms with Crippen molar-refractivity contribution in [1.82, 2.24) is 0 Å². The van der Waals surface area contributed by atoms with Gasteiger partial charge in [0, 0.05) is 0 Å². The molecule has 1 N–H and O–H groups in total. The number of aliphatic hydroxyl groups is 1. The van der Waals surface area contributed by atoms with Crippen molar-refractivity contribution in [2.75, 3.05) is 0 Å². The Morgan fingerprint density at radius 3 is 2.24 bits per heavy atom. The van der Waals surface area contributed by atoms with E-state index >= 15 is 0 Å². The van der Waals surface area contributed by atoms with Crippen LogP contribution in [0.2, 0.25) is 0 Å². The quantitative estimate of drug-likeness (QED) is 0.857. The Hall–Kier alpha value is -1.60. The Morgan fingerprint density at radius 1 is 0.952 bits per heavy atom. The Morgan fingerprint density at radius 2 is 1.62 bits per heavy atom. The molecule has 2 aromatic rings. The lowest BCUT2D eigenvalue weighted by atomic mass is 9.85. The maximum absolute atomic E-state index is 11.0. The summed E-state index contributed by atoms with van der Waals surface area (Å²) in [6.07, 6.45) is 1.04. The number of aryl methyl sites for hydroxylation is 2. The van der Waals surface area contributed by atoms with Crippen LogP contribution in [0.25, 0.3) is 0 Å². The van der Waals surface area contributed by atoms with E-state index in [0.29, 0.717) is 5.92 Å². The van der Waals surface area contributed by atoms with Gasteiger partial charge < -0.3 is 5.11 Å². The first kappa shape index (κ1) is 15.8. The molecule has 0 spiro atoms. The zero-order chi connectivity index (χ0) is 15.6. The second-order valence-corrected chi connectivity index (χ2v) is 6.67. The third-order valence-electron chi connectivity index (χ3n) is 4.20. The summed E-state index contributed by atoms with van der Waals surface area (Å²) in [7, 11) is 0. The van der Waals surface area contributed by atoms with Gasteiger partial charge in [0.15, 0.2) is 0 Å². The van der Waals surface area contributed by atoms with Crippen molar-refractivity contribution in [2.45, 2.75) is 46.6 Å². The van der Waals surface area contributed by atoms with Gasteiger partial charge in [0.1, 0.15) is 5.60 Å². The molecule has 0 aliphatic heterocycles. The zero-order valence-electron chi connectivity index (χ0n) is 13.8. The Balaban J connectivity index is 2.40. The maximum Gasteiger partial charge on any atom is 0.112 e. The molecule has 0 radical (unpaired) electrons. The predicted molar refractivity (Wildman–Crippen MR) is 89.6 cm³/mol. The van der Waals surface area contributed by atoms with Crippen molar-refractivity contribution >= 4 is 0 Å². The van der Waals surface area contributed by atoms with Crippen molar-refractivity contribution in [3.8, 4) is 0 Å².